The number of aromatic nitrogens is 3. The molecule has 0 aliphatic heterocycles. The largest absolute Gasteiger partial charge is 0.325 e. The van der Waals surface area contributed by atoms with Crippen LogP contribution in [0.15, 0.2) is 84.0 Å². The summed E-state index contributed by atoms with van der Waals surface area (Å²) in [5.74, 6) is 0.356. The van der Waals surface area contributed by atoms with Crippen molar-refractivity contribution >= 4 is 35.0 Å². The van der Waals surface area contributed by atoms with Gasteiger partial charge in [-0.05, 0) is 61.4 Å². The van der Waals surface area contributed by atoms with Crippen LogP contribution in [0.5, 0.6) is 0 Å². The third-order valence-electron chi connectivity index (χ3n) is 5.50. The summed E-state index contributed by atoms with van der Waals surface area (Å²) < 4.78 is 15.2. The number of nitrogens with zero attached hydrogens (tertiary/aromatic N) is 3. The summed E-state index contributed by atoms with van der Waals surface area (Å²) >= 11 is 1.29. The Morgan fingerprint density at radius 3 is 2.37 bits per heavy atom. The van der Waals surface area contributed by atoms with E-state index in [-0.39, 0.29) is 17.5 Å². The Bertz CT molecular complexity index is 1350. The van der Waals surface area contributed by atoms with E-state index in [1.54, 1.807) is 24.3 Å². The van der Waals surface area contributed by atoms with Crippen molar-refractivity contribution in [3.8, 4) is 5.69 Å². The van der Waals surface area contributed by atoms with Gasteiger partial charge in [-0.25, -0.2) is 4.39 Å². The molecule has 5 rings (SSSR count). The number of carbonyl (C=O) groups excluding carboxylic acids is 2. The van der Waals surface area contributed by atoms with Gasteiger partial charge in [-0.3, -0.25) is 14.2 Å². The van der Waals surface area contributed by atoms with Crippen molar-refractivity contribution in [2.75, 3.05) is 16.4 Å². The molecule has 2 N–H and O–H groups in total. The smallest absolute Gasteiger partial charge is 0.257 e. The van der Waals surface area contributed by atoms with Crippen molar-refractivity contribution in [1.29, 1.82) is 0 Å². The van der Waals surface area contributed by atoms with Gasteiger partial charge in [0.15, 0.2) is 5.16 Å². The van der Waals surface area contributed by atoms with Gasteiger partial charge in [0.2, 0.25) is 5.91 Å². The van der Waals surface area contributed by atoms with E-state index in [0.717, 1.165) is 24.4 Å². The average molecular weight is 488 g/mol. The molecule has 0 unspecified atom stereocenters. The van der Waals surface area contributed by atoms with Gasteiger partial charge < -0.3 is 10.6 Å². The summed E-state index contributed by atoms with van der Waals surface area (Å²) in [6.07, 6.45) is 2.18. The molecule has 9 heteroatoms. The van der Waals surface area contributed by atoms with Crippen LogP contribution in [0, 0.1) is 5.82 Å². The van der Waals surface area contributed by atoms with Crippen molar-refractivity contribution < 1.29 is 14.0 Å². The number of carbonyl (C=O) groups is 2. The molecule has 7 nitrogen and oxygen atoms in total. The zero-order valence-electron chi connectivity index (χ0n) is 18.6. The monoisotopic (exact) mass is 487 g/mol. The predicted octanol–water partition coefficient (Wildman–Crippen LogP) is 5.27. The molecule has 0 bridgehead atoms. The van der Waals surface area contributed by atoms with Crippen molar-refractivity contribution in [1.82, 2.24) is 14.8 Å². The molecule has 176 valence electrons. The number of amides is 2. The fraction of sp³-hybridized carbons (Fsp3) is 0.154. The molecular weight excluding hydrogens is 465 g/mol. The lowest BCUT2D eigenvalue weighted by atomic mass is 10.1. The highest BCUT2D eigenvalue weighted by Crippen LogP contribution is 2.41. The fourth-order valence-electron chi connectivity index (χ4n) is 3.64. The molecule has 1 aliphatic rings. The third kappa shape index (κ3) is 5.41. The molecule has 35 heavy (non-hydrogen) atoms. The Kier molecular flexibility index (Phi) is 6.58. The molecule has 0 spiro atoms. The van der Waals surface area contributed by atoms with Crippen LogP contribution in [0.4, 0.5) is 15.8 Å². The summed E-state index contributed by atoms with van der Waals surface area (Å²) in [7, 11) is 0. The fourth-order valence-corrected chi connectivity index (χ4v) is 4.40. The Hall–Kier alpha value is -3.98. The molecule has 1 saturated carbocycles. The van der Waals surface area contributed by atoms with Crippen LogP contribution in [0.2, 0.25) is 0 Å². The minimum absolute atomic E-state index is 0.101. The molecule has 0 radical (unpaired) electrons. The number of thioether (sulfide) groups is 1. The van der Waals surface area contributed by atoms with Crippen molar-refractivity contribution in [2.24, 2.45) is 0 Å². The van der Waals surface area contributed by atoms with Gasteiger partial charge in [0.05, 0.1) is 17.0 Å². The number of hydrogen-bond acceptors (Lipinski definition) is 5. The second-order valence-corrected chi connectivity index (χ2v) is 9.07. The van der Waals surface area contributed by atoms with E-state index >= 15 is 0 Å². The van der Waals surface area contributed by atoms with Gasteiger partial charge >= 0.3 is 0 Å². The number of nitrogens with one attached hydrogen (secondary N) is 2. The molecule has 1 heterocycles. The van der Waals surface area contributed by atoms with E-state index in [4.69, 9.17) is 0 Å². The Labute approximate surface area is 205 Å². The normalized spacial score (nSPS) is 12.8. The number of hydrogen-bond donors (Lipinski definition) is 2. The highest BCUT2D eigenvalue weighted by Gasteiger charge is 2.31. The van der Waals surface area contributed by atoms with E-state index in [0.29, 0.717) is 28.0 Å². The zero-order chi connectivity index (χ0) is 24.2. The summed E-state index contributed by atoms with van der Waals surface area (Å²) in [5.41, 5.74) is 2.12. The maximum Gasteiger partial charge on any atom is 0.257 e. The minimum atomic E-state index is -0.405. The number of halogens is 1. The first-order valence-corrected chi connectivity index (χ1v) is 12.2. The average Bonchev–Trinajstić information content (AvgIpc) is 3.64. The lowest BCUT2D eigenvalue weighted by Gasteiger charge is -2.12. The molecule has 1 aliphatic carbocycles. The minimum Gasteiger partial charge on any atom is -0.325 e. The maximum absolute atomic E-state index is 13.1. The molecule has 1 aromatic heterocycles. The first kappa shape index (κ1) is 22.8. The Morgan fingerprint density at radius 1 is 0.914 bits per heavy atom. The maximum atomic E-state index is 13.1. The zero-order valence-corrected chi connectivity index (χ0v) is 19.5. The van der Waals surface area contributed by atoms with Gasteiger partial charge in [0.25, 0.3) is 5.91 Å². The summed E-state index contributed by atoms with van der Waals surface area (Å²) in [6.45, 7) is 0. The summed E-state index contributed by atoms with van der Waals surface area (Å²) in [4.78, 5) is 25.6. The SMILES string of the molecule is O=C(CSc1nnc(C2CC2)n1-c1ccccc1)Nc1ccccc1C(=O)Nc1ccc(F)cc1. The van der Waals surface area contributed by atoms with E-state index in [1.807, 2.05) is 34.9 Å². The molecule has 0 atom stereocenters. The highest BCUT2D eigenvalue weighted by atomic mass is 32.2. The molecule has 1 fully saturated rings. The summed E-state index contributed by atoms with van der Waals surface area (Å²) in [6, 6.07) is 22.1. The number of para-hydroxylation sites is 2. The van der Waals surface area contributed by atoms with Gasteiger partial charge in [-0.1, -0.05) is 42.1 Å². The molecule has 3 aromatic carbocycles. The first-order chi connectivity index (χ1) is 17.1. The van der Waals surface area contributed by atoms with Crippen LogP contribution in [0.1, 0.15) is 34.9 Å². The lowest BCUT2D eigenvalue weighted by Crippen LogP contribution is -2.19. The van der Waals surface area contributed by atoms with E-state index in [9.17, 15) is 14.0 Å². The molecule has 2 amide bonds. The van der Waals surface area contributed by atoms with Gasteiger partial charge in [0.1, 0.15) is 11.6 Å². The predicted molar refractivity (Wildman–Crippen MR) is 133 cm³/mol. The third-order valence-corrected chi connectivity index (χ3v) is 6.42. The molecule has 0 saturated heterocycles. The van der Waals surface area contributed by atoms with Gasteiger partial charge in [-0.15, -0.1) is 10.2 Å². The van der Waals surface area contributed by atoms with Crippen LogP contribution in [0.3, 0.4) is 0 Å². The van der Waals surface area contributed by atoms with E-state index in [2.05, 4.69) is 20.8 Å². The second-order valence-electron chi connectivity index (χ2n) is 8.13. The number of benzene rings is 3. The van der Waals surface area contributed by atoms with Crippen LogP contribution >= 0.6 is 11.8 Å². The standard InChI is InChI=1S/C26H22FN5O2S/c27-18-12-14-19(15-13-18)28-25(34)21-8-4-5-9-22(21)29-23(33)16-35-26-31-30-24(17-10-11-17)32(26)20-6-2-1-3-7-20/h1-9,12-15,17H,10-11,16H2,(H,28,34)(H,29,33). The van der Waals surface area contributed by atoms with E-state index < -0.39 is 5.91 Å². The van der Waals surface area contributed by atoms with Crippen molar-refractivity contribution in [3.63, 3.8) is 0 Å². The molecule has 4 aromatic rings. The number of rotatable bonds is 8. The Morgan fingerprint density at radius 2 is 1.63 bits per heavy atom. The summed E-state index contributed by atoms with van der Waals surface area (Å²) in [5, 5.41) is 14.9. The lowest BCUT2D eigenvalue weighted by molar-refractivity contribution is -0.113. The topological polar surface area (TPSA) is 88.9 Å². The quantitative estimate of drug-likeness (QED) is 0.331. The van der Waals surface area contributed by atoms with Gasteiger partial charge in [0, 0.05) is 17.3 Å². The second kappa shape index (κ2) is 10.1. The van der Waals surface area contributed by atoms with Crippen LogP contribution < -0.4 is 10.6 Å². The van der Waals surface area contributed by atoms with Gasteiger partial charge in [-0.2, -0.15) is 0 Å². The first-order valence-electron chi connectivity index (χ1n) is 11.2. The van der Waals surface area contributed by atoms with Crippen LogP contribution in [0.25, 0.3) is 5.69 Å². The highest BCUT2D eigenvalue weighted by molar-refractivity contribution is 7.99. The van der Waals surface area contributed by atoms with Crippen LogP contribution in [-0.2, 0) is 4.79 Å². The molecular formula is C26H22FN5O2S. The van der Waals surface area contributed by atoms with Crippen molar-refractivity contribution in [3.05, 3.63) is 96.1 Å². The Balaban J connectivity index is 1.27. The number of anilines is 2. The van der Waals surface area contributed by atoms with Crippen LogP contribution in [-0.4, -0.2) is 32.3 Å². The van der Waals surface area contributed by atoms with E-state index in [1.165, 1.54) is 36.0 Å². The van der Waals surface area contributed by atoms with Crippen molar-refractivity contribution in [2.45, 2.75) is 23.9 Å².